The molecule has 0 aliphatic heterocycles. The Morgan fingerprint density at radius 2 is 2.00 bits per heavy atom. The average molecular weight is 289 g/mol. The van der Waals surface area contributed by atoms with Crippen LogP contribution in [0.4, 0.5) is 0 Å². The number of benzene rings is 1. The zero-order valence-electron chi connectivity index (χ0n) is 13.1. The van der Waals surface area contributed by atoms with Crippen LogP contribution in [0.5, 0.6) is 0 Å². The Bertz CT molecular complexity index is 537. The lowest BCUT2D eigenvalue weighted by atomic mass is 9.96. The number of methoxy groups -OCH3 is 1. The van der Waals surface area contributed by atoms with E-state index in [4.69, 9.17) is 4.74 Å². The number of nitrogens with one attached hydrogen (secondary N) is 1. The second-order valence-corrected chi connectivity index (χ2v) is 5.25. The lowest BCUT2D eigenvalue weighted by Gasteiger charge is -2.26. The van der Waals surface area contributed by atoms with Crippen molar-refractivity contribution in [2.45, 2.75) is 39.2 Å². The number of carbonyl (C=O) groups excluding carboxylic acids is 2. The van der Waals surface area contributed by atoms with E-state index in [9.17, 15) is 9.59 Å². The van der Waals surface area contributed by atoms with E-state index >= 15 is 0 Å². The van der Waals surface area contributed by atoms with E-state index in [0.29, 0.717) is 6.42 Å². The monoisotopic (exact) mass is 289 g/mol. The predicted octanol–water partition coefficient (Wildman–Crippen LogP) is 2.86. The van der Waals surface area contributed by atoms with Crippen molar-refractivity contribution in [3.05, 3.63) is 41.5 Å². The number of ether oxygens (including phenoxy) is 1. The van der Waals surface area contributed by atoms with Crippen molar-refractivity contribution in [2.24, 2.45) is 0 Å². The van der Waals surface area contributed by atoms with Crippen LogP contribution in [0.3, 0.4) is 0 Å². The molecule has 4 heteroatoms. The third-order valence-electron chi connectivity index (χ3n) is 3.39. The summed E-state index contributed by atoms with van der Waals surface area (Å²) in [6.45, 7) is 5.62. The van der Waals surface area contributed by atoms with Gasteiger partial charge in [0.25, 0.3) is 0 Å². The smallest absolute Gasteiger partial charge is 0.331 e. The first kappa shape index (κ1) is 17.0. The highest BCUT2D eigenvalue weighted by molar-refractivity contribution is 5.96. The van der Waals surface area contributed by atoms with Gasteiger partial charge in [0.2, 0.25) is 5.91 Å². The van der Waals surface area contributed by atoms with Gasteiger partial charge in [-0.2, -0.15) is 0 Å². The molecule has 21 heavy (non-hydrogen) atoms. The molecule has 0 saturated heterocycles. The zero-order valence-corrected chi connectivity index (χ0v) is 13.1. The maximum Gasteiger partial charge on any atom is 0.331 e. The summed E-state index contributed by atoms with van der Waals surface area (Å²) in [7, 11) is 1.32. The highest BCUT2D eigenvalue weighted by Gasteiger charge is 2.34. The number of aryl methyl sites for hydroxylation is 1. The van der Waals surface area contributed by atoms with Crippen LogP contribution < -0.4 is 5.32 Å². The molecule has 1 unspecified atom stereocenters. The summed E-state index contributed by atoms with van der Waals surface area (Å²) >= 11 is 0. The Labute approximate surface area is 126 Å². The van der Waals surface area contributed by atoms with E-state index in [1.54, 1.807) is 13.0 Å². The summed E-state index contributed by atoms with van der Waals surface area (Å²) in [6.07, 6.45) is 4.49. The molecule has 0 aliphatic rings. The van der Waals surface area contributed by atoms with Gasteiger partial charge < -0.3 is 10.1 Å². The Morgan fingerprint density at radius 3 is 2.57 bits per heavy atom. The normalized spacial score (nSPS) is 13.7. The molecule has 114 valence electrons. The Kier molecular flexibility index (Phi) is 6.15. The molecule has 4 nitrogen and oxygen atoms in total. The third kappa shape index (κ3) is 4.74. The molecule has 0 aromatic heterocycles. The molecule has 1 N–H and O–H groups in total. The lowest BCUT2D eigenvalue weighted by Crippen LogP contribution is -2.52. The van der Waals surface area contributed by atoms with Crippen molar-refractivity contribution in [1.29, 1.82) is 0 Å². The summed E-state index contributed by atoms with van der Waals surface area (Å²) in [5.74, 6) is -0.735. The summed E-state index contributed by atoms with van der Waals surface area (Å²) in [5.41, 5.74) is 1.07. The highest BCUT2D eigenvalue weighted by Crippen LogP contribution is 2.15. The molecule has 0 radical (unpaired) electrons. The van der Waals surface area contributed by atoms with Gasteiger partial charge in [-0.1, -0.05) is 37.6 Å². The highest BCUT2D eigenvalue weighted by atomic mass is 16.5. The molecule has 1 aromatic carbocycles. The Hall–Kier alpha value is -2.10. The van der Waals surface area contributed by atoms with Gasteiger partial charge in [-0.3, -0.25) is 4.79 Å². The first-order chi connectivity index (χ1) is 9.92. The molecule has 0 bridgehead atoms. The van der Waals surface area contributed by atoms with Crippen LogP contribution in [-0.4, -0.2) is 24.5 Å². The average Bonchev–Trinajstić information content (AvgIpc) is 2.45. The van der Waals surface area contributed by atoms with Crippen LogP contribution in [0.15, 0.2) is 30.3 Å². The lowest BCUT2D eigenvalue weighted by molar-refractivity contribution is -0.150. The van der Waals surface area contributed by atoms with Crippen LogP contribution >= 0.6 is 0 Å². The number of hydrogen-bond donors (Lipinski definition) is 1. The number of esters is 1. The summed E-state index contributed by atoms with van der Waals surface area (Å²) in [4.78, 5) is 23.9. The summed E-state index contributed by atoms with van der Waals surface area (Å²) in [5, 5.41) is 2.73. The minimum Gasteiger partial charge on any atom is -0.467 e. The Balaban J connectivity index is 2.79. The minimum atomic E-state index is -0.989. The van der Waals surface area contributed by atoms with Gasteiger partial charge in [-0.05, 0) is 37.5 Å². The van der Waals surface area contributed by atoms with E-state index in [1.807, 2.05) is 38.1 Å². The van der Waals surface area contributed by atoms with Crippen molar-refractivity contribution in [2.75, 3.05) is 7.11 Å². The predicted molar refractivity (Wildman–Crippen MR) is 83.7 cm³/mol. The first-order valence-corrected chi connectivity index (χ1v) is 7.07. The molecule has 0 aliphatic carbocycles. The fourth-order valence-corrected chi connectivity index (χ4v) is 2.19. The quantitative estimate of drug-likeness (QED) is 0.647. The van der Waals surface area contributed by atoms with Crippen molar-refractivity contribution in [3.8, 4) is 0 Å². The van der Waals surface area contributed by atoms with Gasteiger partial charge in [-0.15, -0.1) is 0 Å². The van der Waals surface area contributed by atoms with Crippen LogP contribution in [0.25, 0.3) is 6.08 Å². The second-order valence-electron chi connectivity index (χ2n) is 5.25. The molecule has 0 spiro atoms. The number of hydrogen-bond acceptors (Lipinski definition) is 3. The van der Waals surface area contributed by atoms with E-state index in [0.717, 1.165) is 17.5 Å². The SMILES string of the molecule is CCCC(C)(NC(=O)/C=C/c1ccccc1C)C(=O)OC. The molecular weight excluding hydrogens is 266 g/mol. The largest absolute Gasteiger partial charge is 0.467 e. The maximum atomic E-state index is 12.0. The molecule has 1 aromatic rings. The zero-order chi connectivity index (χ0) is 15.9. The molecule has 0 fully saturated rings. The molecular formula is C17H23NO3. The van der Waals surface area contributed by atoms with Crippen molar-refractivity contribution in [1.82, 2.24) is 5.32 Å². The van der Waals surface area contributed by atoms with Gasteiger partial charge in [0.05, 0.1) is 7.11 Å². The fraction of sp³-hybridized carbons (Fsp3) is 0.412. The topological polar surface area (TPSA) is 55.4 Å². The van der Waals surface area contributed by atoms with E-state index < -0.39 is 11.5 Å². The summed E-state index contributed by atoms with van der Waals surface area (Å²) < 4.78 is 4.77. The molecule has 0 saturated carbocycles. The van der Waals surface area contributed by atoms with E-state index in [-0.39, 0.29) is 5.91 Å². The maximum absolute atomic E-state index is 12.0. The number of carbonyl (C=O) groups is 2. The van der Waals surface area contributed by atoms with E-state index in [2.05, 4.69) is 5.32 Å². The summed E-state index contributed by atoms with van der Waals surface area (Å²) in [6, 6.07) is 7.78. The standard InChI is InChI=1S/C17H23NO3/c1-5-12-17(3,16(20)21-4)18-15(19)11-10-14-9-7-6-8-13(14)2/h6-11H,5,12H2,1-4H3,(H,18,19)/b11-10+. The number of amides is 1. The fourth-order valence-electron chi connectivity index (χ4n) is 2.19. The molecule has 1 amide bonds. The second kappa shape index (κ2) is 7.62. The van der Waals surface area contributed by atoms with Crippen LogP contribution in [-0.2, 0) is 14.3 Å². The van der Waals surface area contributed by atoms with E-state index in [1.165, 1.54) is 13.2 Å². The van der Waals surface area contributed by atoms with Crippen molar-refractivity contribution in [3.63, 3.8) is 0 Å². The van der Waals surface area contributed by atoms with Crippen LogP contribution in [0.2, 0.25) is 0 Å². The van der Waals surface area contributed by atoms with Gasteiger partial charge in [0, 0.05) is 6.08 Å². The number of rotatable bonds is 6. The van der Waals surface area contributed by atoms with Crippen LogP contribution in [0.1, 0.15) is 37.8 Å². The van der Waals surface area contributed by atoms with Gasteiger partial charge >= 0.3 is 5.97 Å². The third-order valence-corrected chi connectivity index (χ3v) is 3.39. The minimum absolute atomic E-state index is 0.306. The van der Waals surface area contributed by atoms with Gasteiger partial charge in [-0.25, -0.2) is 4.79 Å². The van der Waals surface area contributed by atoms with Gasteiger partial charge in [0.1, 0.15) is 5.54 Å². The van der Waals surface area contributed by atoms with Gasteiger partial charge in [0.15, 0.2) is 0 Å². The van der Waals surface area contributed by atoms with Crippen LogP contribution in [0, 0.1) is 6.92 Å². The Morgan fingerprint density at radius 1 is 1.33 bits per heavy atom. The molecule has 1 rings (SSSR count). The van der Waals surface area contributed by atoms with Crippen molar-refractivity contribution < 1.29 is 14.3 Å². The van der Waals surface area contributed by atoms with Crippen molar-refractivity contribution >= 4 is 18.0 Å². The molecule has 1 atom stereocenters. The first-order valence-electron chi connectivity index (χ1n) is 7.07. The molecule has 0 heterocycles.